The molecule has 2 heterocycles. The smallest absolute Gasteiger partial charge is 0.227 e. The number of rotatable bonds is 3. The molecule has 0 aromatic heterocycles. The maximum absolute atomic E-state index is 11.6. The molecule has 0 atom stereocenters. The van der Waals surface area contributed by atoms with E-state index >= 15 is 0 Å². The molecule has 0 aliphatic carbocycles. The lowest BCUT2D eigenvalue weighted by Crippen LogP contribution is -2.36. The minimum Gasteiger partial charge on any atom is -0.491 e. The Morgan fingerprint density at radius 2 is 2.04 bits per heavy atom. The van der Waals surface area contributed by atoms with E-state index in [1.54, 1.807) is 0 Å². The minimum absolute atomic E-state index is 0.00751. The monoisotopic (exact) mass is 323 g/mol. The van der Waals surface area contributed by atoms with Gasteiger partial charge in [-0.05, 0) is 49.2 Å². The Balaban J connectivity index is 1.55. The SMILES string of the molecule is Cc1cc(N2CCC2)ccc1Nc1ccc2c(c1)OCCC(=O)N2. The highest BCUT2D eigenvalue weighted by Gasteiger charge is 2.16. The van der Waals surface area contributed by atoms with Crippen molar-refractivity contribution in [2.24, 2.45) is 0 Å². The van der Waals surface area contributed by atoms with E-state index in [1.807, 2.05) is 18.2 Å². The van der Waals surface area contributed by atoms with Gasteiger partial charge in [0.15, 0.2) is 0 Å². The predicted molar refractivity (Wildman–Crippen MR) is 96.5 cm³/mol. The Bertz CT molecular complexity index is 784. The van der Waals surface area contributed by atoms with Crippen LogP contribution in [0, 0.1) is 6.92 Å². The molecule has 0 saturated carbocycles. The lowest BCUT2D eigenvalue weighted by Gasteiger charge is -2.33. The van der Waals surface area contributed by atoms with E-state index in [4.69, 9.17) is 4.74 Å². The van der Waals surface area contributed by atoms with Gasteiger partial charge in [-0.25, -0.2) is 0 Å². The third-order valence-electron chi connectivity index (χ3n) is 4.55. The molecule has 2 aliphatic heterocycles. The number of carbonyl (C=O) groups excluding carboxylic acids is 1. The van der Waals surface area contributed by atoms with E-state index in [0.29, 0.717) is 18.8 Å². The fraction of sp³-hybridized carbons (Fsp3) is 0.316. The zero-order valence-electron chi connectivity index (χ0n) is 13.8. The molecule has 5 heteroatoms. The van der Waals surface area contributed by atoms with Gasteiger partial charge in [-0.3, -0.25) is 4.79 Å². The lowest BCUT2D eigenvalue weighted by atomic mass is 10.1. The number of nitrogens with one attached hydrogen (secondary N) is 2. The molecule has 2 aromatic carbocycles. The summed E-state index contributed by atoms with van der Waals surface area (Å²) in [6.45, 7) is 4.83. The van der Waals surface area contributed by atoms with Crippen LogP contribution in [0.1, 0.15) is 18.4 Å². The molecular weight excluding hydrogens is 302 g/mol. The van der Waals surface area contributed by atoms with Crippen LogP contribution in [0.15, 0.2) is 36.4 Å². The lowest BCUT2D eigenvalue weighted by molar-refractivity contribution is -0.116. The van der Waals surface area contributed by atoms with Gasteiger partial charge >= 0.3 is 0 Å². The summed E-state index contributed by atoms with van der Waals surface area (Å²) in [5.41, 5.74) is 5.26. The molecule has 1 amide bonds. The molecule has 2 N–H and O–H groups in total. The van der Waals surface area contributed by atoms with E-state index < -0.39 is 0 Å². The van der Waals surface area contributed by atoms with Crippen LogP contribution < -0.4 is 20.3 Å². The molecule has 5 nitrogen and oxygen atoms in total. The van der Waals surface area contributed by atoms with Crippen LogP contribution in [0.4, 0.5) is 22.7 Å². The van der Waals surface area contributed by atoms with Crippen LogP contribution in [0.25, 0.3) is 0 Å². The van der Waals surface area contributed by atoms with Crippen molar-refractivity contribution in [1.82, 2.24) is 0 Å². The van der Waals surface area contributed by atoms with Gasteiger partial charge in [-0.15, -0.1) is 0 Å². The van der Waals surface area contributed by atoms with E-state index in [1.165, 1.54) is 17.7 Å². The molecule has 4 rings (SSSR count). The number of aryl methyl sites for hydroxylation is 1. The van der Waals surface area contributed by atoms with Crippen molar-refractivity contribution >= 4 is 28.7 Å². The third kappa shape index (κ3) is 2.89. The van der Waals surface area contributed by atoms with Gasteiger partial charge in [0.05, 0.1) is 18.7 Å². The van der Waals surface area contributed by atoms with Crippen molar-refractivity contribution in [2.75, 3.05) is 35.2 Å². The second-order valence-corrected chi connectivity index (χ2v) is 6.32. The number of fused-ring (bicyclic) bond motifs is 1. The molecule has 0 radical (unpaired) electrons. The van der Waals surface area contributed by atoms with Crippen LogP contribution in [0.3, 0.4) is 0 Å². The van der Waals surface area contributed by atoms with Crippen molar-refractivity contribution in [3.63, 3.8) is 0 Å². The number of hydrogen-bond acceptors (Lipinski definition) is 4. The van der Waals surface area contributed by atoms with E-state index in [2.05, 4.69) is 40.7 Å². The molecule has 124 valence electrons. The van der Waals surface area contributed by atoms with Crippen LogP contribution in [0.5, 0.6) is 5.75 Å². The van der Waals surface area contributed by atoms with Crippen molar-refractivity contribution in [1.29, 1.82) is 0 Å². The second-order valence-electron chi connectivity index (χ2n) is 6.32. The van der Waals surface area contributed by atoms with Crippen LogP contribution in [-0.4, -0.2) is 25.6 Å². The Morgan fingerprint density at radius 1 is 1.17 bits per heavy atom. The summed E-state index contributed by atoms with van der Waals surface area (Å²) in [5, 5.41) is 6.31. The first-order chi connectivity index (χ1) is 11.7. The molecule has 1 fully saturated rings. The van der Waals surface area contributed by atoms with Crippen LogP contribution in [0.2, 0.25) is 0 Å². The Labute approximate surface area is 141 Å². The van der Waals surface area contributed by atoms with Crippen molar-refractivity contribution in [2.45, 2.75) is 19.8 Å². The summed E-state index contributed by atoms with van der Waals surface area (Å²) in [5.74, 6) is 0.701. The van der Waals surface area contributed by atoms with Crippen molar-refractivity contribution in [3.8, 4) is 5.75 Å². The van der Waals surface area contributed by atoms with E-state index in [0.717, 1.165) is 30.2 Å². The van der Waals surface area contributed by atoms with Gasteiger partial charge in [-0.2, -0.15) is 0 Å². The number of amides is 1. The van der Waals surface area contributed by atoms with E-state index in [9.17, 15) is 4.79 Å². The summed E-state index contributed by atoms with van der Waals surface area (Å²) >= 11 is 0. The average molecular weight is 323 g/mol. The topological polar surface area (TPSA) is 53.6 Å². The summed E-state index contributed by atoms with van der Waals surface area (Å²) in [6, 6.07) is 12.3. The van der Waals surface area contributed by atoms with Gasteiger partial charge in [0.25, 0.3) is 0 Å². The molecule has 24 heavy (non-hydrogen) atoms. The quantitative estimate of drug-likeness (QED) is 0.905. The minimum atomic E-state index is -0.00751. The fourth-order valence-corrected chi connectivity index (χ4v) is 3.00. The largest absolute Gasteiger partial charge is 0.491 e. The predicted octanol–water partition coefficient (Wildman–Crippen LogP) is 3.67. The van der Waals surface area contributed by atoms with Crippen molar-refractivity contribution in [3.05, 3.63) is 42.0 Å². The van der Waals surface area contributed by atoms with Crippen molar-refractivity contribution < 1.29 is 9.53 Å². The first kappa shape index (κ1) is 14.9. The average Bonchev–Trinajstić information content (AvgIpc) is 2.68. The van der Waals surface area contributed by atoms with Gasteiger partial charge < -0.3 is 20.3 Å². The summed E-state index contributed by atoms with van der Waals surface area (Å²) < 4.78 is 5.67. The Kier molecular flexibility index (Phi) is 3.76. The third-order valence-corrected chi connectivity index (χ3v) is 4.55. The second kappa shape index (κ2) is 6.07. The van der Waals surface area contributed by atoms with Gasteiger partial charge in [0.2, 0.25) is 5.91 Å². The molecule has 2 aliphatic rings. The molecule has 1 saturated heterocycles. The molecule has 0 unspecified atom stereocenters. The number of hydrogen-bond donors (Lipinski definition) is 2. The zero-order chi connectivity index (χ0) is 16.5. The molecular formula is C19H21N3O2. The summed E-state index contributed by atoms with van der Waals surface area (Å²) in [4.78, 5) is 14.0. The Hall–Kier alpha value is -2.69. The highest BCUT2D eigenvalue weighted by molar-refractivity contribution is 5.93. The van der Waals surface area contributed by atoms with Gasteiger partial charge in [-0.1, -0.05) is 0 Å². The number of carbonyl (C=O) groups is 1. The summed E-state index contributed by atoms with van der Waals surface area (Å²) in [7, 11) is 0. The fourth-order valence-electron chi connectivity index (χ4n) is 3.00. The standard InChI is InChI=1S/C19H21N3O2/c1-13-11-15(22-8-2-9-22)4-6-16(13)20-14-3-5-17-18(12-14)24-10-7-19(23)21-17/h3-6,11-12,20H,2,7-10H2,1H3,(H,21,23). The normalized spacial score (nSPS) is 16.4. The maximum Gasteiger partial charge on any atom is 0.227 e. The Morgan fingerprint density at radius 3 is 2.79 bits per heavy atom. The molecule has 2 aromatic rings. The van der Waals surface area contributed by atoms with Crippen LogP contribution >= 0.6 is 0 Å². The maximum atomic E-state index is 11.6. The zero-order valence-corrected chi connectivity index (χ0v) is 13.8. The van der Waals surface area contributed by atoms with Gasteiger partial charge in [0.1, 0.15) is 5.75 Å². The highest BCUT2D eigenvalue weighted by atomic mass is 16.5. The van der Waals surface area contributed by atoms with E-state index in [-0.39, 0.29) is 5.91 Å². The first-order valence-corrected chi connectivity index (χ1v) is 8.38. The molecule has 0 spiro atoms. The number of benzene rings is 2. The molecule has 0 bridgehead atoms. The number of anilines is 4. The first-order valence-electron chi connectivity index (χ1n) is 8.38. The highest BCUT2D eigenvalue weighted by Crippen LogP contribution is 2.33. The van der Waals surface area contributed by atoms with Crippen LogP contribution in [-0.2, 0) is 4.79 Å². The number of ether oxygens (including phenoxy) is 1. The summed E-state index contributed by atoms with van der Waals surface area (Å²) in [6.07, 6.45) is 1.67. The number of nitrogens with zero attached hydrogens (tertiary/aromatic N) is 1. The van der Waals surface area contributed by atoms with Gasteiger partial charge in [0, 0.05) is 36.2 Å².